The van der Waals surface area contributed by atoms with E-state index in [1.54, 1.807) is 0 Å². The SMILES string of the molecule is C=C[C@H]1CN2CC[C@H]1C[C@@H]2C(N)c1ccnc2ccccc12. The summed E-state index contributed by atoms with van der Waals surface area (Å²) in [6, 6.07) is 10.9. The third-order valence-electron chi connectivity index (χ3n) is 5.61. The lowest BCUT2D eigenvalue weighted by molar-refractivity contribution is 0.00749. The van der Waals surface area contributed by atoms with E-state index in [9.17, 15) is 0 Å². The van der Waals surface area contributed by atoms with Gasteiger partial charge in [0, 0.05) is 30.2 Å². The molecule has 2 aromatic rings. The first-order valence-corrected chi connectivity index (χ1v) is 8.24. The Morgan fingerprint density at radius 2 is 2.18 bits per heavy atom. The number of pyridine rings is 1. The molecule has 3 aliphatic rings. The van der Waals surface area contributed by atoms with E-state index >= 15 is 0 Å². The molecule has 3 aliphatic heterocycles. The summed E-state index contributed by atoms with van der Waals surface area (Å²) in [7, 11) is 0. The molecule has 2 N–H and O–H groups in total. The fourth-order valence-corrected chi connectivity index (χ4v) is 4.37. The molecule has 114 valence electrons. The molecule has 0 amide bonds. The largest absolute Gasteiger partial charge is 0.323 e. The van der Waals surface area contributed by atoms with Crippen molar-refractivity contribution in [2.45, 2.75) is 24.9 Å². The van der Waals surface area contributed by atoms with E-state index in [0.29, 0.717) is 12.0 Å². The van der Waals surface area contributed by atoms with E-state index < -0.39 is 0 Å². The number of nitrogens with zero attached hydrogens (tertiary/aromatic N) is 2. The molecule has 4 heterocycles. The van der Waals surface area contributed by atoms with Crippen LogP contribution in [0.3, 0.4) is 0 Å². The summed E-state index contributed by atoms with van der Waals surface area (Å²) in [6.07, 6.45) is 6.51. The minimum atomic E-state index is 0.0569. The maximum absolute atomic E-state index is 6.71. The molecule has 5 atom stereocenters. The number of hydrogen-bond acceptors (Lipinski definition) is 3. The van der Waals surface area contributed by atoms with Gasteiger partial charge in [-0.3, -0.25) is 9.88 Å². The van der Waals surface area contributed by atoms with Gasteiger partial charge in [0.15, 0.2) is 0 Å². The summed E-state index contributed by atoms with van der Waals surface area (Å²) in [5, 5.41) is 1.19. The minimum Gasteiger partial charge on any atom is -0.323 e. The first-order chi connectivity index (χ1) is 10.8. The van der Waals surface area contributed by atoms with Gasteiger partial charge in [-0.05, 0) is 48.9 Å². The summed E-state index contributed by atoms with van der Waals surface area (Å²) >= 11 is 0. The first kappa shape index (κ1) is 13.9. The van der Waals surface area contributed by atoms with Crippen LogP contribution in [0.5, 0.6) is 0 Å². The van der Waals surface area contributed by atoms with Crippen molar-refractivity contribution in [2.24, 2.45) is 17.6 Å². The highest BCUT2D eigenvalue weighted by Crippen LogP contribution is 2.41. The van der Waals surface area contributed by atoms with E-state index in [4.69, 9.17) is 5.73 Å². The van der Waals surface area contributed by atoms with Gasteiger partial charge in [0.05, 0.1) is 5.52 Å². The Hall–Kier alpha value is -1.71. The van der Waals surface area contributed by atoms with Crippen molar-refractivity contribution in [3.63, 3.8) is 0 Å². The van der Waals surface area contributed by atoms with Crippen molar-refractivity contribution in [1.29, 1.82) is 0 Å². The van der Waals surface area contributed by atoms with Crippen LogP contribution >= 0.6 is 0 Å². The van der Waals surface area contributed by atoms with Gasteiger partial charge in [-0.15, -0.1) is 6.58 Å². The third-order valence-corrected chi connectivity index (χ3v) is 5.61. The van der Waals surface area contributed by atoms with E-state index in [0.717, 1.165) is 18.0 Å². The maximum Gasteiger partial charge on any atom is 0.0705 e. The van der Waals surface area contributed by atoms with Crippen LogP contribution in [0.2, 0.25) is 0 Å². The van der Waals surface area contributed by atoms with E-state index in [-0.39, 0.29) is 6.04 Å². The van der Waals surface area contributed by atoms with Crippen LogP contribution < -0.4 is 5.73 Å². The van der Waals surface area contributed by atoms with Gasteiger partial charge in [-0.1, -0.05) is 24.3 Å². The average Bonchev–Trinajstić information content (AvgIpc) is 2.60. The Morgan fingerprint density at radius 1 is 1.32 bits per heavy atom. The number of hydrogen-bond donors (Lipinski definition) is 1. The molecule has 0 aliphatic carbocycles. The van der Waals surface area contributed by atoms with Gasteiger partial charge in [-0.25, -0.2) is 0 Å². The van der Waals surface area contributed by atoms with E-state index in [2.05, 4.69) is 46.8 Å². The second-order valence-electron chi connectivity index (χ2n) is 6.69. The highest BCUT2D eigenvalue weighted by molar-refractivity contribution is 5.82. The molecule has 5 rings (SSSR count). The fraction of sp³-hybridized carbons (Fsp3) is 0.421. The number of aromatic nitrogens is 1. The van der Waals surface area contributed by atoms with Crippen LogP contribution in [-0.2, 0) is 0 Å². The Morgan fingerprint density at radius 3 is 2.95 bits per heavy atom. The summed E-state index contributed by atoms with van der Waals surface area (Å²) < 4.78 is 0. The van der Waals surface area contributed by atoms with Gasteiger partial charge < -0.3 is 5.73 Å². The molecule has 22 heavy (non-hydrogen) atoms. The lowest BCUT2D eigenvalue weighted by Crippen LogP contribution is -2.56. The molecule has 0 saturated carbocycles. The van der Waals surface area contributed by atoms with Crippen molar-refractivity contribution in [3.05, 3.63) is 54.7 Å². The average molecular weight is 293 g/mol. The molecule has 3 heteroatoms. The second kappa shape index (κ2) is 5.49. The van der Waals surface area contributed by atoms with Gasteiger partial charge >= 0.3 is 0 Å². The Bertz CT molecular complexity index is 691. The molecule has 1 aromatic heterocycles. The summed E-state index contributed by atoms with van der Waals surface area (Å²) in [5.74, 6) is 1.40. The molecule has 3 nitrogen and oxygen atoms in total. The van der Waals surface area contributed by atoms with Crippen molar-refractivity contribution in [1.82, 2.24) is 9.88 Å². The number of para-hydroxylation sites is 1. The normalized spacial score (nSPS) is 32.0. The van der Waals surface area contributed by atoms with Gasteiger partial charge in [-0.2, -0.15) is 0 Å². The summed E-state index contributed by atoms with van der Waals surface area (Å²) in [4.78, 5) is 7.04. The molecule has 0 radical (unpaired) electrons. The van der Waals surface area contributed by atoms with Crippen LogP contribution in [0.4, 0.5) is 0 Å². The van der Waals surface area contributed by atoms with Gasteiger partial charge in [0.1, 0.15) is 0 Å². The molecule has 3 fully saturated rings. The quantitative estimate of drug-likeness (QED) is 0.884. The molecule has 2 bridgehead atoms. The van der Waals surface area contributed by atoms with Crippen molar-refractivity contribution in [2.75, 3.05) is 13.1 Å². The van der Waals surface area contributed by atoms with E-state index in [1.165, 1.54) is 30.3 Å². The van der Waals surface area contributed by atoms with Crippen LogP contribution in [0.1, 0.15) is 24.4 Å². The lowest BCUT2D eigenvalue weighted by Gasteiger charge is -2.51. The van der Waals surface area contributed by atoms with Crippen LogP contribution in [0.15, 0.2) is 49.2 Å². The van der Waals surface area contributed by atoms with Gasteiger partial charge in [0.25, 0.3) is 0 Å². The molecule has 1 aromatic carbocycles. The van der Waals surface area contributed by atoms with Crippen LogP contribution in [0.25, 0.3) is 10.9 Å². The second-order valence-corrected chi connectivity index (χ2v) is 6.69. The topological polar surface area (TPSA) is 42.1 Å². The van der Waals surface area contributed by atoms with Crippen molar-refractivity contribution < 1.29 is 0 Å². The van der Waals surface area contributed by atoms with Gasteiger partial charge in [0.2, 0.25) is 0 Å². The van der Waals surface area contributed by atoms with Crippen LogP contribution in [-0.4, -0.2) is 29.0 Å². The smallest absolute Gasteiger partial charge is 0.0705 e. The van der Waals surface area contributed by atoms with Crippen molar-refractivity contribution in [3.8, 4) is 0 Å². The maximum atomic E-state index is 6.71. The number of rotatable bonds is 3. The number of fused-ring (bicyclic) bond motifs is 4. The number of benzene rings is 1. The number of nitrogens with two attached hydrogens (primary N) is 1. The fourth-order valence-electron chi connectivity index (χ4n) is 4.37. The number of piperidine rings is 3. The zero-order chi connectivity index (χ0) is 15.1. The van der Waals surface area contributed by atoms with Crippen LogP contribution in [0, 0.1) is 11.8 Å². The zero-order valence-corrected chi connectivity index (χ0v) is 12.9. The molecular weight excluding hydrogens is 270 g/mol. The Kier molecular flexibility index (Phi) is 3.47. The highest BCUT2D eigenvalue weighted by atomic mass is 15.2. The summed E-state index contributed by atoms with van der Waals surface area (Å²) in [5.41, 5.74) is 8.99. The highest BCUT2D eigenvalue weighted by Gasteiger charge is 2.41. The van der Waals surface area contributed by atoms with E-state index in [1.807, 2.05) is 12.3 Å². The predicted octanol–water partition coefficient (Wildman–Crippen LogP) is 3.13. The molecule has 2 unspecified atom stereocenters. The summed E-state index contributed by atoms with van der Waals surface area (Å²) in [6.45, 7) is 6.30. The zero-order valence-electron chi connectivity index (χ0n) is 12.9. The van der Waals surface area contributed by atoms with Crippen molar-refractivity contribution >= 4 is 10.9 Å². The molecular formula is C19H23N3. The lowest BCUT2D eigenvalue weighted by atomic mass is 9.73. The Balaban J connectivity index is 1.67. The molecule has 3 saturated heterocycles. The predicted molar refractivity (Wildman–Crippen MR) is 90.4 cm³/mol. The minimum absolute atomic E-state index is 0.0569. The third kappa shape index (κ3) is 2.16. The standard InChI is InChI=1S/C19H23N3/c1-2-13-12-22-10-8-14(13)11-18(22)19(20)16-7-9-21-17-6-4-3-5-15(16)17/h2-7,9,13-14,18-19H,1,8,10-12,20H2/t13-,14-,18+,19?/m0/s1. The first-order valence-electron chi connectivity index (χ1n) is 8.24. The molecule has 0 spiro atoms. The monoisotopic (exact) mass is 293 g/mol. The Labute approximate surface area is 131 Å².